The summed E-state index contributed by atoms with van der Waals surface area (Å²) < 4.78 is 24.2. The van der Waals surface area contributed by atoms with Crippen LogP contribution in [0, 0.1) is 0 Å². The second-order valence-electron chi connectivity index (χ2n) is 3.89. The fourth-order valence-electron chi connectivity index (χ4n) is 1.37. The molecule has 5 heteroatoms. The van der Waals surface area contributed by atoms with E-state index < -0.39 is 9.84 Å². The Morgan fingerprint density at radius 3 is 2.81 bits per heavy atom. The van der Waals surface area contributed by atoms with Crippen LogP contribution in [0.1, 0.15) is 26.7 Å². The first-order chi connectivity index (χ1) is 7.56. The molecular weight excluding hydrogens is 242 g/mol. The van der Waals surface area contributed by atoms with Gasteiger partial charge in [0.25, 0.3) is 0 Å². The largest absolute Gasteiger partial charge is 0.314 e. The summed E-state index contributed by atoms with van der Waals surface area (Å²) >= 11 is 1.29. The molecule has 0 saturated heterocycles. The lowest BCUT2D eigenvalue weighted by Crippen LogP contribution is -2.28. The zero-order valence-corrected chi connectivity index (χ0v) is 11.4. The maximum Gasteiger partial charge on any atom is 0.187 e. The van der Waals surface area contributed by atoms with Crippen LogP contribution in [0.2, 0.25) is 0 Å². The van der Waals surface area contributed by atoms with Gasteiger partial charge in [0.05, 0.1) is 5.75 Å². The van der Waals surface area contributed by atoms with Crippen LogP contribution in [0.15, 0.2) is 21.7 Å². The molecule has 1 atom stereocenters. The Kier molecular flexibility index (Phi) is 5.44. The topological polar surface area (TPSA) is 46.2 Å². The van der Waals surface area contributed by atoms with E-state index in [4.69, 9.17) is 0 Å². The minimum Gasteiger partial charge on any atom is -0.314 e. The summed E-state index contributed by atoms with van der Waals surface area (Å²) in [4.78, 5) is 0. The predicted molar refractivity (Wildman–Crippen MR) is 68.7 cm³/mol. The summed E-state index contributed by atoms with van der Waals surface area (Å²) in [5, 5.41) is 5.09. The number of hydrogen-bond acceptors (Lipinski definition) is 4. The predicted octanol–water partition coefficient (Wildman–Crippen LogP) is 2.30. The standard InChI is InChI=1S/C11H19NO2S2/c1-3-7-12-10(2)6-9-16(13,14)11-5-4-8-15-11/h4-5,8,10,12H,3,6-7,9H2,1-2H3. The summed E-state index contributed by atoms with van der Waals surface area (Å²) in [6, 6.07) is 3.70. The molecule has 1 unspecified atom stereocenters. The molecule has 3 nitrogen and oxygen atoms in total. The first kappa shape index (κ1) is 13.7. The van der Waals surface area contributed by atoms with Crippen LogP contribution in [0.3, 0.4) is 0 Å². The molecule has 0 saturated carbocycles. The lowest BCUT2D eigenvalue weighted by atomic mass is 10.2. The molecule has 1 aromatic heterocycles. The molecule has 1 N–H and O–H groups in total. The van der Waals surface area contributed by atoms with Crippen LogP contribution < -0.4 is 5.32 Å². The highest BCUT2D eigenvalue weighted by molar-refractivity contribution is 7.93. The molecule has 0 fully saturated rings. The van der Waals surface area contributed by atoms with Gasteiger partial charge in [0.1, 0.15) is 4.21 Å². The number of sulfone groups is 1. The molecule has 0 aliphatic heterocycles. The van der Waals surface area contributed by atoms with Gasteiger partial charge < -0.3 is 5.32 Å². The average Bonchev–Trinajstić information content (AvgIpc) is 2.77. The van der Waals surface area contributed by atoms with Crippen LogP contribution >= 0.6 is 11.3 Å². The molecule has 0 radical (unpaired) electrons. The van der Waals surface area contributed by atoms with E-state index in [1.54, 1.807) is 17.5 Å². The van der Waals surface area contributed by atoms with Crippen molar-refractivity contribution in [2.24, 2.45) is 0 Å². The Balaban J connectivity index is 2.43. The monoisotopic (exact) mass is 261 g/mol. The first-order valence-electron chi connectivity index (χ1n) is 5.56. The third kappa shape index (κ3) is 4.23. The van der Waals surface area contributed by atoms with E-state index in [-0.39, 0.29) is 11.8 Å². The molecule has 1 aromatic rings. The molecule has 1 rings (SSSR count). The minimum absolute atomic E-state index is 0.228. The molecule has 0 amide bonds. The van der Waals surface area contributed by atoms with Crippen molar-refractivity contribution in [2.75, 3.05) is 12.3 Å². The van der Waals surface area contributed by atoms with Crippen LogP contribution in [-0.2, 0) is 9.84 Å². The highest BCUT2D eigenvalue weighted by atomic mass is 32.2. The van der Waals surface area contributed by atoms with Gasteiger partial charge in [0.15, 0.2) is 9.84 Å². The fourth-order valence-corrected chi connectivity index (χ4v) is 3.97. The van der Waals surface area contributed by atoms with Crippen LogP contribution in [-0.4, -0.2) is 26.8 Å². The van der Waals surface area contributed by atoms with E-state index in [2.05, 4.69) is 12.2 Å². The van der Waals surface area contributed by atoms with Crippen molar-refractivity contribution in [3.05, 3.63) is 17.5 Å². The van der Waals surface area contributed by atoms with Crippen molar-refractivity contribution in [3.63, 3.8) is 0 Å². The van der Waals surface area contributed by atoms with Gasteiger partial charge in [-0.25, -0.2) is 8.42 Å². The normalized spacial score (nSPS) is 13.9. The van der Waals surface area contributed by atoms with E-state index in [9.17, 15) is 8.42 Å². The van der Waals surface area contributed by atoms with Gasteiger partial charge in [0.2, 0.25) is 0 Å². The van der Waals surface area contributed by atoms with Crippen molar-refractivity contribution in [1.29, 1.82) is 0 Å². The zero-order valence-electron chi connectivity index (χ0n) is 9.77. The minimum atomic E-state index is -3.06. The van der Waals surface area contributed by atoms with E-state index in [1.807, 2.05) is 6.92 Å². The summed E-state index contributed by atoms with van der Waals surface area (Å²) in [6.45, 7) is 5.07. The van der Waals surface area contributed by atoms with Crippen molar-refractivity contribution >= 4 is 21.2 Å². The molecule has 0 bridgehead atoms. The fraction of sp³-hybridized carbons (Fsp3) is 0.636. The van der Waals surface area contributed by atoms with Gasteiger partial charge in [-0.2, -0.15) is 0 Å². The van der Waals surface area contributed by atoms with Crippen LogP contribution in [0.5, 0.6) is 0 Å². The van der Waals surface area contributed by atoms with Crippen LogP contribution in [0.25, 0.3) is 0 Å². The molecule has 92 valence electrons. The first-order valence-corrected chi connectivity index (χ1v) is 8.09. The zero-order chi connectivity index (χ0) is 12.0. The Labute approximate surface area is 102 Å². The van der Waals surface area contributed by atoms with Crippen molar-refractivity contribution in [2.45, 2.75) is 36.9 Å². The lowest BCUT2D eigenvalue weighted by molar-refractivity contribution is 0.526. The maximum absolute atomic E-state index is 11.9. The summed E-state index contributed by atoms with van der Waals surface area (Å²) in [6.07, 6.45) is 1.74. The van der Waals surface area contributed by atoms with Gasteiger partial charge in [-0.05, 0) is 37.8 Å². The van der Waals surface area contributed by atoms with Gasteiger partial charge in [0, 0.05) is 6.04 Å². The van der Waals surface area contributed by atoms with E-state index >= 15 is 0 Å². The van der Waals surface area contributed by atoms with E-state index in [1.165, 1.54) is 11.3 Å². The van der Waals surface area contributed by atoms with Gasteiger partial charge in [-0.3, -0.25) is 0 Å². The molecule has 0 spiro atoms. The molecular formula is C11H19NO2S2. The Morgan fingerprint density at radius 1 is 1.50 bits per heavy atom. The van der Waals surface area contributed by atoms with Gasteiger partial charge in [-0.1, -0.05) is 13.0 Å². The molecule has 0 aromatic carbocycles. The molecule has 1 heterocycles. The van der Waals surface area contributed by atoms with Gasteiger partial charge >= 0.3 is 0 Å². The SMILES string of the molecule is CCCNC(C)CCS(=O)(=O)c1cccs1. The lowest BCUT2D eigenvalue weighted by Gasteiger charge is -2.12. The Bertz CT molecular complexity index is 384. The maximum atomic E-state index is 11.9. The molecule has 16 heavy (non-hydrogen) atoms. The smallest absolute Gasteiger partial charge is 0.187 e. The Hall–Kier alpha value is -0.390. The summed E-state index contributed by atoms with van der Waals surface area (Å²) in [5.74, 6) is 0.228. The summed E-state index contributed by atoms with van der Waals surface area (Å²) in [5.41, 5.74) is 0. The number of hydrogen-bond donors (Lipinski definition) is 1. The average molecular weight is 261 g/mol. The van der Waals surface area contributed by atoms with Crippen molar-refractivity contribution < 1.29 is 8.42 Å². The highest BCUT2D eigenvalue weighted by Gasteiger charge is 2.16. The molecule has 0 aliphatic carbocycles. The Morgan fingerprint density at radius 2 is 2.25 bits per heavy atom. The third-order valence-corrected chi connectivity index (χ3v) is 5.60. The number of nitrogens with one attached hydrogen (secondary N) is 1. The van der Waals surface area contributed by atoms with E-state index in [0.717, 1.165) is 13.0 Å². The van der Waals surface area contributed by atoms with Gasteiger partial charge in [-0.15, -0.1) is 11.3 Å². The van der Waals surface area contributed by atoms with Crippen molar-refractivity contribution in [3.8, 4) is 0 Å². The second-order valence-corrected chi connectivity index (χ2v) is 7.18. The molecule has 0 aliphatic rings. The third-order valence-electron chi connectivity index (χ3n) is 2.36. The quantitative estimate of drug-likeness (QED) is 0.819. The number of rotatable bonds is 7. The summed E-state index contributed by atoms with van der Waals surface area (Å²) in [7, 11) is -3.06. The van der Waals surface area contributed by atoms with E-state index in [0.29, 0.717) is 10.6 Å². The van der Waals surface area contributed by atoms with Crippen LogP contribution in [0.4, 0.5) is 0 Å². The second kappa shape index (κ2) is 6.37. The number of thiophene rings is 1. The highest BCUT2D eigenvalue weighted by Crippen LogP contribution is 2.18. The van der Waals surface area contributed by atoms with Crippen molar-refractivity contribution in [1.82, 2.24) is 5.32 Å².